The molecule has 2 amide bonds. The van der Waals surface area contributed by atoms with Crippen molar-refractivity contribution in [3.63, 3.8) is 0 Å². The van der Waals surface area contributed by atoms with Crippen LogP contribution in [0.2, 0.25) is 0 Å². The topological polar surface area (TPSA) is 75.4 Å². The normalized spacial score (nSPS) is 23.4. The van der Waals surface area contributed by atoms with Gasteiger partial charge in [0.2, 0.25) is 5.91 Å². The molecule has 144 valence electrons. The van der Waals surface area contributed by atoms with Crippen LogP contribution < -0.4 is 11.1 Å². The molecule has 2 rings (SSSR count). The fourth-order valence-electron chi connectivity index (χ4n) is 3.33. The van der Waals surface area contributed by atoms with Crippen molar-refractivity contribution in [2.24, 2.45) is 11.7 Å². The summed E-state index contributed by atoms with van der Waals surface area (Å²) < 4.78 is 37.4. The quantitative estimate of drug-likeness (QED) is 0.854. The van der Waals surface area contributed by atoms with E-state index in [-0.39, 0.29) is 18.4 Å². The fourth-order valence-corrected chi connectivity index (χ4v) is 3.33. The molecule has 1 aliphatic rings. The Balaban J connectivity index is 2.05. The number of nitrogens with zero attached hydrogens (tertiary/aromatic N) is 1. The van der Waals surface area contributed by atoms with Gasteiger partial charge in [0.1, 0.15) is 0 Å². The van der Waals surface area contributed by atoms with Gasteiger partial charge in [-0.25, -0.2) is 0 Å². The summed E-state index contributed by atoms with van der Waals surface area (Å²) in [4.78, 5) is 24.4. The van der Waals surface area contributed by atoms with E-state index in [0.717, 1.165) is 26.3 Å². The summed E-state index contributed by atoms with van der Waals surface area (Å²) >= 11 is 0. The summed E-state index contributed by atoms with van der Waals surface area (Å²) in [5, 5.41) is 2.80. The van der Waals surface area contributed by atoms with Crippen LogP contribution >= 0.6 is 0 Å². The molecule has 1 aromatic carbocycles. The van der Waals surface area contributed by atoms with Crippen LogP contribution in [0.4, 0.5) is 18.9 Å². The number of nitrogens with two attached hydrogens (primary N) is 1. The molecule has 1 fully saturated rings. The van der Waals surface area contributed by atoms with E-state index in [2.05, 4.69) is 5.32 Å². The first-order valence-electron chi connectivity index (χ1n) is 8.51. The number of benzene rings is 1. The van der Waals surface area contributed by atoms with E-state index >= 15 is 0 Å². The zero-order valence-electron chi connectivity index (χ0n) is 14.9. The number of anilines is 1. The van der Waals surface area contributed by atoms with Gasteiger partial charge < -0.3 is 16.0 Å². The molecule has 3 N–H and O–H groups in total. The number of amides is 2. The van der Waals surface area contributed by atoms with Gasteiger partial charge in [-0.3, -0.25) is 9.59 Å². The molecule has 0 heterocycles. The summed E-state index contributed by atoms with van der Waals surface area (Å²) in [6, 6.07) is 6.45. The molecule has 1 aliphatic carbocycles. The number of halogens is 3. The van der Waals surface area contributed by atoms with E-state index in [9.17, 15) is 22.8 Å². The molecule has 1 saturated carbocycles. The van der Waals surface area contributed by atoms with E-state index in [0.29, 0.717) is 22.6 Å². The van der Waals surface area contributed by atoms with Crippen molar-refractivity contribution in [3.8, 4) is 0 Å². The molecule has 26 heavy (non-hydrogen) atoms. The standard InChI is InChI=1S/C18H24F3N3O2/c1-17(22)9-4-3-8-14(17)15(25)23-13-7-5-6-12(10-13)11-24(2)16(26)18(19,20)21/h5-7,10,14H,3-4,8-9,11,22H2,1-2H3,(H,23,25). The first-order valence-corrected chi connectivity index (χ1v) is 8.51. The Morgan fingerprint density at radius 2 is 2.04 bits per heavy atom. The Morgan fingerprint density at radius 1 is 1.35 bits per heavy atom. The van der Waals surface area contributed by atoms with Crippen molar-refractivity contribution >= 4 is 17.5 Å². The first-order chi connectivity index (χ1) is 12.0. The molecular weight excluding hydrogens is 347 g/mol. The summed E-state index contributed by atoms with van der Waals surface area (Å²) in [6.07, 6.45) is -1.49. The van der Waals surface area contributed by atoms with Crippen molar-refractivity contribution in [3.05, 3.63) is 29.8 Å². The monoisotopic (exact) mass is 371 g/mol. The number of hydrogen-bond acceptors (Lipinski definition) is 3. The second-order valence-corrected chi connectivity index (χ2v) is 7.15. The molecule has 0 aromatic heterocycles. The van der Waals surface area contributed by atoms with Crippen LogP contribution in [0.1, 0.15) is 38.2 Å². The van der Waals surface area contributed by atoms with Crippen molar-refractivity contribution in [1.82, 2.24) is 4.90 Å². The lowest BCUT2D eigenvalue weighted by molar-refractivity contribution is -0.184. The summed E-state index contributed by atoms with van der Waals surface area (Å²) in [7, 11) is 1.09. The molecule has 8 heteroatoms. The van der Waals surface area contributed by atoms with E-state index in [1.807, 2.05) is 6.92 Å². The molecule has 2 unspecified atom stereocenters. The van der Waals surface area contributed by atoms with Crippen LogP contribution in [0.15, 0.2) is 24.3 Å². The molecule has 2 atom stereocenters. The highest BCUT2D eigenvalue weighted by molar-refractivity contribution is 5.93. The second kappa shape index (κ2) is 7.65. The summed E-state index contributed by atoms with van der Waals surface area (Å²) in [6.45, 7) is 1.66. The van der Waals surface area contributed by atoms with E-state index in [1.54, 1.807) is 24.3 Å². The SMILES string of the molecule is CN(Cc1cccc(NC(=O)C2CCCCC2(C)N)c1)C(=O)C(F)(F)F. The maximum atomic E-state index is 12.6. The Hall–Kier alpha value is -2.09. The predicted molar refractivity (Wildman–Crippen MR) is 92.2 cm³/mol. The number of nitrogens with one attached hydrogen (secondary N) is 1. The van der Waals surface area contributed by atoms with Gasteiger partial charge in [0.05, 0.1) is 5.92 Å². The minimum absolute atomic E-state index is 0.188. The zero-order chi connectivity index (χ0) is 19.5. The number of carbonyl (C=O) groups excluding carboxylic acids is 2. The maximum absolute atomic E-state index is 12.6. The van der Waals surface area contributed by atoms with Crippen molar-refractivity contribution in [1.29, 1.82) is 0 Å². The molecule has 0 radical (unpaired) electrons. The fraction of sp³-hybridized carbons (Fsp3) is 0.556. The van der Waals surface area contributed by atoms with Gasteiger partial charge in [0.25, 0.3) is 0 Å². The van der Waals surface area contributed by atoms with Crippen molar-refractivity contribution in [2.75, 3.05) is 12.4 Å². The third kappa shape index (κ3) is 4.97. The van der Waals surface area contributed by atoms with Crippen LogP contribution in [0.25, 0.3) is 0 Å². The number of hydrogen-bond donors (Lipinski definition) is 2. The summed E-state index contributed by atoms with van der Waals surface area (Å²) in [5.74, 6) is -2.41. The zero-order valence-corrected chi connectivity index (χ0v) is 14.9. The Bertz CT molecular complexity index is 674. The lowest BCUT2D eigenvalue weighted by atomic mass is 9.74. The number of carbonyl (C=O) groups is 2. The molecule has 1 aromatic rings. The van der Waals surface area contributed by atoms with E-state index in [1.165, 1.54) is 0 Å². The van der Waals surface area contributed by atoms with Crippen LogP contribution in [0, 0.1) is 5.92 Å². The van der Waals surface area contributed by atoms with E-state index in [4.69, 9.17) is 5.73 Å². The first kappa shape index (κ1) is 20.2. The van der Waals surface area contributed by atoms with Crippen molar-refractivity contribution < 1.29 is 22.8 Å². The Kier molecular flexibility index (Phi) is 5.95. The van der Waals surface area contributed by atoms with Gasteiger partial charge in [0, 0.05) is 24.8 Å². The highest BCUT2D eigenvalue weighted by Crippen LogP contribution is 2.32. The van der Waals surface area contributed by atoms with Gasteiger partial charge in [-0.2, -0.15) is 13.2 Å². The van der Waals surface area contributed by atoms with Gasteiger partial charge in [0.15, 0.2) is 0 Å². The smallest absolute Gasteiger partial charge is 0.334 e. The highest BCUT2D eigenvalue weighted by Gasteiger charge is 2.41. The predicted octanol–water partition coefficient (Wildman–Crippen LogP) is 3.05. The average molecular weight is 371 g/mol. The minimum atomic E-state index is -4.91. The summed E-state index contributed by atoms with van der Waals surface area (Å²) in [5.41, 5.74) is 6.63. The van der Waals surface area contributed by atoms with Gasteiger partial charge in [-0.1, -0.05) is 25.0 Å². The van der Waals surface area contributed by atoms with Gasteiger partial charge >= 0.3 is 12.1 Å². The number of rotatable bonds is 4. The molecule has 0 spiro atoms. The van der Waals surface area contributed by atoms with Crippen molar-refractivity contribution in [2.45, 2.75) is 50.9 Å². The van der Waals surface area contributed by atoms with Crippen LogP contribution in [-0.2, 0) is 16.1 Å². The molecule has 0 saturated heterocycles. The van der Waals surface area contributed by atoms with Gasteiger partial charge in [-0.05, 0) is 37.5 Å². The molecular formula is C18H24F3N3O2. The highest BCUT2D eigenvalue weighted by atomic mass is 19.4. The van der Waals surface area contributed by atoms with Crippen LogP contribution in [0.5, 0.6) is 0 Å². The third-order valence-corrected chi connectivity index (χ3v) is 4.77. The average Bonchev–Trinajstić information content (AvgIpc) is 2.52. The Labute approximate surface area is 150 Å². The third-order valence-electron chi connectivity index (χ3n) is 4.77. The molecule has 5 nitrogen and oxygen atoms in total. The van der Waals surface area contributed by atoms with Gasteiger partial charge in [-0.15, -0.1) is 0 Å². The maximum Gasteiger partial charge on any atom is 0.471 e. The second-order valence-electron chi connectivity index (χ2n) is 7.15. The molecule has 0 bridgehead atoms. The number of alkyl halides is 3. The Morgan fingerprint density at radius 3 is 2.65 bits per heavy atom. The molecule has 0 aliphatic heterocycles. The van der Waals surface area contributed by atoms with Crippen LogP contribution in [-0.4, -0.2) is 35.5 Å². The lowest BCUT2D eigenvalue weighted by Gasteiger charge is -2.37. The minimum Gasteiger partial charge on any atom is -0.334 e. The van der Waals surface area contributed by atoms with E-state index < -0.39 is 17.6 Å². The van der Waals surface area contributed by atoms with Crippen LogP contribution in [0.3, 0.4) is 0 Å². The largest absolute Gasteiger partial charge is 0.471 e. The lowest BCUT2D eigenvalue weighted by Crippen LogP contribution is -2.51.